The average Bonchev–Trinajstić information content (AvgIpc) is 2.79. The number of benzene rings is 1. The molecule has 2 rings (SSSR count). The van der Waals surface area contributed by atoms with Gasteiger partial charge in [-0.25, -0.2) is 0 Å². The Hall–Kier alpha value is -1.61. The highest BCUT2D eigenvalue weighted by molar-refractivity contribution is 5.78. The zero-order chi connectivity index (χ0) is 22.6. The molecule has 0 aromatic heterocycles. The number of hydrogen-bond donors (Lipinski definition) is 0. The third kappa shape index (κ3) is 8.60. The van der Waals surface area contributed by atoms with Crippen LogP contribution in [0.5, 0.6) is 0 Å². The number of carbonyl (C=O) groups is 1. The van der Waals surface area contributed by atoms with Crippen LogP contribution in [0.25, 0.3) is 0 Å². The zero-order valence-corrected chi connectivity index (χ0v) is 20.3. The summed E-state index contributed by atoms with van der Waals surface area (Å²) in [6.45, 7) is 20.8. The summed E-state index contributed by atoms with van der Waals surface area (Å²) in [7, 11) is 3.56. The number of hydrogen-bond acceptors (Lipinski definition) is 3. The van der Waals surface area contributed by atoms with Gasteiger partial charge in [0.05, 0.1) is 18.6 Å². The van der Waals surface area contributed by atoms with Gasteiger partial charge in [0.25, 0.3) is 0 Å². The fourth-order valence-electron chi connectivity index (χ4n) is 3.51. The number of rotatable bonds is 4. The highest BCUT2D eigenvalue weighted by Crippen LogP contribution is 2.48. The predicted octanol–water partition coefficient (Wildman–Crippen LogP) is 7.29. The van der Waals surface area contributed by atoms with E-state index in [9.17, 15) is 4.79 Å². The molecule has 0 bridgehead atoms. The lowest BCUT2D eigenvalue weighted by Crippen LogP contribution is -2.49. The van der Waals surface area contributed by atoms with Gasteiger partial charge in [-0.3, -0.25) is 9.69 Å². The molecule has 0 radical (unpaired) electrons. The van der Waals surface area contributed by atoms with Crippen molar-refractivity contribution in [2.45, 2.75) is 80.7 Å². The van der Waals surface area contributed by atoms with Gasteiger partial charge in [-0.05, 0) is 38.4 Å². The minimum Gasteiger partial charge on any atom is -0.469 e. The summed E-state index contributed by atoms with van der Waals surface area (Å²) >= 11 is 0. The van der Waals surface area contributed by atoms with Crippen LogP contribution in [-0.2, 0) is 9.53 Å². The van der Waals surface area contributed by atoms with E-state index in [2.05, 4.69) is 30.7 Å². The number of ether oxygens (including phenoxy) is 1. The number of methoxy groups -OCH3 is 1. The molecular formula is C25H47NO2. The monoisotopic (exact) mass is 393 g/mol. The van der Waals surface area contributed by atoms with E-state index in [0.29, 0.717) is 6.42 Å². The molecule has 1 aromatic carbocycles. The second-order valence-electron chi connectivity index (χ2n) is 5.54. The Balaban J connectivity index is -0.000000695. The van der Waals surface area contributed by atoms with Crippen LogP contribution >= 0.6 is 0 Å². The number of piperidine rings is 1. The molecule has 0 aliphatic carbocycles. The summed E-state index contributed by atoms with van der Waals surface area (Å²) in [5.41, 5.74) is 0.646. The van der Waals surface area contributed by atoms with Crippen LogP contribution < -0.4 is 0 Å². The van der Waals surface area contributed by atoms with Crippen LogP contribution in [0.4, 0.5) is 0 Å². The molecule has 0 spiro atoms. The molecule has 1 heterocycles. The summed E-state index contributed by atoms with van der Waals surface area (Å²) < 4.78 is 5.13. The third-order valence-electron chi connectivity index (χ3n) is 4.31. The van der Waals surface area contributed by atoms with Crippen LogP contribution in [0.2, 0.25) is 0 Å². The molecule has 1 fully saturated rings. The summed E-state index contributed by atoms with van der Waals surface area (Å²) in [6.07, 6.45) is 4.33. The van der Waals surface area contributed by atoms with E-state index in [1.807, 2.05) is 79.7 Å². The molecule has 1 aliphatic rings. The standard InChI is InChI=1S/C17H23NO2.4C2H6/c1-4-11-17(16(19)20-3)12-8-13-18(2)15(17)14-9-6-5-7-10-14;4*1-2/h4-7,9-10,15H,1,8,11-13H2,2-3H3;4*1-2H3. The van der Waals surface area contributed by atoms with Crippen LogP contribution in [-0.4, -0.2) is 31.6 Å². The molecule has 1 aliphatic heterocycles. The first-order valence-corrected chi connectivity index (χ1v) is 11.1. The number of likely N-dealkylation sites (tertiary alicyclic amines) is 1. The van der Waals surface area contributed by atoms with Gasteiger partial charge in [-0.15, -0.1) is 6.58 Å². The lowest BCUT2D eigenvalue weighted by atomic mass is 9.68. The van der Waals surface area contributed by atoms with Crippen LogP contribution in [0, 0.1) is 5.41 Å². The van der Waals surface area contributed by atoms with Crippen molar-refractivity contribution in [3.8, 4) is 0 Å². The number of carbonyl (C=O) groups excluding carboxylic acids is 1. The molecule has 1 aromatic rings. The van der Waals surface area contributed by atoms with E-state index in [1.165, 1.54) is 12.7 Å². The normalized spacial score (nSPS) is 20.1. The molecule has 2 unspecified atom stereocenters. The molecule has 0 N–H and O–H groups in total. The van der Waals surface area contributed by atoms with Crippen molar-refractivity contribution in [3.05, 3.63) is 48.6 Å². The maximum atomic E-state index is 12.5. The molecular weight excluding hydrogens is 346 g/mol. The Morgan fingerprint density at radius 1 is 1.11 bits per heavy atom. The highest BCUT2D eigenvalue weighted by Gasteiger charge is 2.49. The molecule has 164 valence electrons. The van der Waals surface area contributed by atoms with Crippen molar-refractivity contribution < 1.29 is 9.53 Å². The summed E-state index contributed by atoms with van der Waals surface area (Å²) in [5.74, 6) is -0.127. The van der Waals surface area contributed by atoms with E-state index in [-0.39, 0.29) is 12.0 Å². The van der Waals surface area contributed by atoms with E-state index in [4.69, 9.17) is 4.74 Å². The fraction of sp³-hybridized carbons (Fsp3) is 0.640. The minimum absolute atomic E-state index is 0.0444. The van der Waals surface area contributed by atoms with Gasteiger partial charge >= 0.3 is 5.97 Å². The van der Waals surface area contributed by atoms with Gasteiger partial charge in [0.2, 0.25) is 0 Å². The fourth-order valence-corrected chi connectivity index (χ4v) is 3.51. The van der Waals surface area contributed by atoms with E-state index in [0.717, 1.165) is 19.4 Å². The van der Waals surface area contributed by atoms with E-state index >= 15 is 0 Å². The Morgan fingerprint density at radius 3 is 2.04 bits per heavy atom. The maximum Gasteiger partial charge on any atom is 0.314 e. The van der Waals surface area contributed by atoms with Crippen LogP contribution in [0.3, 0.4) is 0 Å². The van der Waals surface area contributed by atoms with E-state index < -0.39 is 5.41 Å². The van der Waals surface area contributed by atoms with Gasteiger partial charge in [-0.2, -0.15) is 0 Å². The first-order chi connectivity index (χ1) is 13.7. The van der Waals surface area contributed by atoms with Gasteiger partial charge in [0.1, 0.15) is 0 Å². The molecule has 3 heteroatoms. The van der Waals surface area contributed by atoms with Crippen molar-refractivity contribution in [3.63, 3.8) is 0 Å². The van der Waals surface area contributed by atoms with Crippen LogP contribution in [0.15, 0.2) is 43.0 Å². The predicted molar refractivity (Wildman–Crippen MR) is 126 cm³/mol. The molecule has 28 heavy (non-hydrogen) atoms. The Morgan fingerprint density at radius 2 is 1.61 bits per heavy atom. The molecule has 1 saturated heterocycles. The SMILES string of the molecule is C=CCC1(C(=O)OC)CCCN(C)C1c1ccccc1.CC.CC.CC.CC. The zero-order valence-electron chi connectivity index (χ0n) is 20.3. The first kappa shape index (κ1) is 31.1. The summed E-state index contributed by atoms with van der Waals surface area (Å²) in [4.78, 5) is 14.8. The second kappa shape index (κ2) is 20.1. The maximum absolute atomic E-state index is 12.5. The summed E-state index contributed by atoms with van der Waals surface area (Å²) in [6, 6.07) is 10.3. The van der Waals surface area contributed by atoms with Crippen molar-refractivity contribution in [2.24, 2.45) is 5.41 Å². The largest absolute Gasteiger partial charge is 0.469 e. The van der Waals surface area contributed by atoms with Gasteiger partial charge in [0.15, 0.2) is 0 Å². The highest BCUT2D eigenvalue weighted by atomic mass is 16.5. The number of allylic oxidation sites excluding steroid dienone is 1. The third-order valence-corrected chi connectivity index (χ3v) is 4.31. The Bertz CT molecular complexity index is 473. The summed E-state index contributed by atoms with van der Waals surface area (Å²) in [5, 5.41) is 0. The number of nitrogens with zero attached hydrogens (tertiary/aromatic N) is 1. The minimum atomic E-state index is -0.523. The lowest BCUT2D eigenvalue weighted by Gasteiger charge is -2.46. The Kier molecular flexibility index (Phi) is 22.4. The molecule has 0 amide bonds. The van der Waals surface area contributed by atoms with Gasteiger partial charge in [0, 0.05) is 0 Å². The molecule has 3 nitrogen and oxygen atoms in total. The second-order valence-corrected chi connectivity index (χ2v) is 5.54. The number of esters is 1. The average molecular weight is 394 g/mol. The first-order valence-electron chi connectivity index (χ1n) is 11.1. The molecule has 2 atom stereocenters. The van der Waals surface area contributed by atoms with Crippen molar-refractivity contribution in [1.29, 1.82) is 0 Å². The van der Waals surface area contributed by atoms with Gasteiger partial charge < -0.3 is 4.74 Å². The van der Waals surface area contributed by atoms with Crippen molar-refractivity contribution in [1.82, 2.24) is 4.90 Å². The van der Waals surface area contributed by atoms with Crippen molar-refractivity contribution in [2.75, 3.05) is 20.7 Å². The Labute approximate surface area is 176 Å². The van der Waals surface area contributed by atoms with E-state index in [1.54, 1.807) is 0 Å². The quantitative estimate of drug-likeness (QED) is 0.397. The smallest absolute Gasteiger partial charge is 0.314 e. The van der Waals surface area contributed by atoms with Gasteiger partial charge in [-0.1, -0.05) is 91.8 Å². The topological polar surface area (TPSA) is 29.5 Å². The lowest BCUT2D eigenvalue weighted by molar-refractivity contribution is -0.161. The molecule has 0 saturated carbocycles. The van der Waals surface area contributed by atoms with Crippen LogP contribution in [0.1, 0.15) is 86.3 Å². The van der Waals surface area contributed by atoms with Crippen molar-refractivity contribution >= 4 is 5.97 Å².